The fraction of sp³-hybridized carbons (Fsp3) is 0.130. The molecule has 0 fully saturated rings. The number of carbonyl (C=O) groups excluding carboxylic acids is 1. The molecule has 0 aliphatic heterocycles. The standard InChI is InChI=1S/C23H21NO5/c1-23(2,15-6-4-3-5-7-15)16-8-11-18(12-9-16)29-22(28)24-17-10-13-20(25)19(14-17)21(26)27/h3-14,25H,1-2H3,(H,24,28)(H,26,27). The molecule has 3 N–H and O–H groups in total. The first-order valence-corrected chi connectivity index (χ1v) is 8.98. The maximum atomic E-state index is 12.1. The zero-order chi connectivity index (χ0) is 21.0. The lowest BCUT2D eigenvalue weighted by atomic mass is 9.78. The van der Waals surface area contributed by atoms with Crippen LogP contribution in [0, 0.1) is 0 Å². The minimum atomic E-state index is -1.30. The average Bonchev–Trinajstić information content (AvgIpc) is 2.70. The maximum Gasteiger partial charge on any atom is 0.417 e. The molecule has 0 aliphatic carbocycles. The van der Waals surface area contributed by atoms with E-state index in [0.717, 1.165) is 11.6 Å². The molecular weight excluding hydrogens is 370 g/mol. The minimum Gasteiger partial charge on any atom is -0.507 e. The number of anilines is 1. The SMILES string of the molecule is CC(C)(c1ccccc1)c1ccc(OC(=O)Nc2ccc(O)c(C(=O)O)c2)cc1. The number of carboxylic acids is 1. The monoisotopic (exact) mass is 391 g/mol. The Hall–Kier alpha value is -3.80. The Balaban J connectivity index is 1.69. The topological polar surface area (TPSA) is 95.9 Å². The lowest BCUT2D eigenvalue weighted by Gasteiger charge is -2.26. The van der Waals surface area contributed by atoms with Crippen molar-refractivity contribution in [2.75, 3.05) is 5.32 Å². The normalized spacial score (nSPS) is 11.0. The number of ether oxygens (including phenoxy) is 1. The van der Waals surface area contributed by atoms with E-state index in [-0.39, 0.29) is 22.4 Å². The number of nitrogens with one attached hydrogen (secondary N) is 1. The first-order valence-electron chi connectivity index (χ1n) is 8.98. The van der Waals surface area contributed by atoms with E-state index in [2.05, 4.69) is 31.3 Å². The van der Waals surface area contributed by atoms with Crippen molar-refractivity contribution in [3.05, 3.63) is 89.5 Å². The molecule has 29 heavy (non-hydrogen) atoms. The highest BCUT2D eigenvalue weighted by atomic mass is 16.6. The van der Waals surface area contributed by atoms with E-state index in [1.54, 1.807) is 12.1 Å². The van der Waals surface area contributed by atoms with E-state index in [1.807, 2.05) is 30.3 Å². The van der Waals surface area contributed by atoms with Crippen LogP contribution in [0.15, 0.2) is 72.8 Å². The summed E-state index contributed by atoms with van der Waals surface area (Å²) in [4.78, 5) is 23.2. The van der Waals surface area contributed by atoms with Gasteiger partial charge in [-0.1, -0.05) is 56.3 Å². The number of carboxylic acid groups (broad SMARTS) is 1. The molecule has 0 heterocycles. The minimum absolute atomic E-state index is 0.201. The molecule has 3 rings (SSSR count). The largest absolute Gasteiger partial charge is 0.507 e. The van der Waals surface area contributed by atoms with Crippen LogP contribution in [0.3, 0.4) is 0 Å². The molecule has 3 aromatic carbocycles. The number of carbonyl (C=O) groups is 2. The molecule has 3 aromatic rings. The Kier molecular flexibility index (Phi) is 5.54. The van der Waals surface area contributed by atoms with Crippen molar-refractivity contribution in [3.63, 3.8) is 0 Å². The third kappa shape index (κ3) is 4.55. The van der Waals surface area contributed by atoms with Crippen molar-refractivity contribution < 1.29 is 24.5 Å². The predicted octanol–water partition coefficient (Wildman–Crippen LogP) is 5.03. The van der Waals surface area contributed by atoms with E-state index >= 15 is 0 Å². The van der Waals surface area contributed by atoms with Crippen LogP contribution in [0.2, 0.25) is 0 Å². The molecule has 0 radical (unpaired) electrons. The zero-order valence-corrected chi connectivity index (χ0v) is 16.0. The Morgan fingerprint density at radius 2 is 1.52 bits per heavy atom. The molecule has 1 amide bonds. The van der Waals surface area contributed by atoms with Crippen LogP contribution in [0.1, 0.15) is 35.3 Å². The van der Waals surface area contributed by atoms with Gasteiger partial charge in [0.25, 0.3) is 0 Å². The van der Waals surface area contributed by atoms with Crippen molar-refractivity contribution in [2.45, 2.75) is 19.3 Å². The van der Waals surface area contributed by atoms with Crippen molar-refractivity contribution in [1.82, 2.24) is 0 Å². The maximum absolute atomic E-state index is 12.1. The molecule has 148 valence electrons. The van der Waals surface area contributed by atoms with Crippen LogP contribution < -0.4 is 10.1 Å². The summed E-state index contributed by atoms with van der Waals surface area (Å²) < 4.78 is 5.26. The number of hydrogen-bond donors (Lipinski definition) is 3. The Morgan fingerprint density at radius 1 is 0.897 bits per heavy atom. The van der Waals surface area contributed by atoms with Crippen molar-refractivity contribution in [3.8, 4) is 11.5 Å². The molecule has 6 nitrogen and oxygen atoms in total. The molecule has 0 spiro atoms. The molecule has 0 saturated carbocycles. The lowest BCUT2D eigenvalue weighted by molar-refractivity contribution is 0.0693. The molecule has 0 unspecified atom stereocenters. The van der Waals surface area contributed by atoms with Crippen LogP contribution in [-0.2, 0) is 5.41 Å². The fourth-order valence-corrected chi connectivity index (χ4v) is 3.00. The van der Waals surface area contributed by atoms with Gasteiger partial charge in [0.1, 0.15) is 17.1 Å². The second kappa shape index (κ2) is 8.06. The third-order valence-corrected chi connectivity index (χ3v) is 4.76. The van der Waals surface area contributed by atoms with E-state index in [9.17, 15) is 14.7 Å². The summed E-state index contributed by atoms with van der Waals surface area (Å²) in [5.74, 6) is -1.32. The van der Waals surface area contributed by atoms with Gasteiger partial charge < -0.3 is 14.9 Å². The van der Waals surface area contributed by atoms with Gasteiger partial charge in [0.05, 0.1) is 0 Å². The smallest absolute Gasteiger partial charge is 0.417 e. The first-order chi connectivity index (χ1) is 13.8. The number of phenols is 1. The summed E-state index contributed by atoms with van der Waals surface area (Å²) in [6.07, 6.45) is -0.762. The summed E-state index contributed by atoms with van der Waals surface area (Å²) >= 11 is 0. The Bertz CT molecular complexity index is 1030. The van der Waals surface area contributed by atoms with Crippen LogP contribution in [0.4, 0.5) is 10.5 Å². The van der Waals surface area contributed by atoms with Gasteiger partial charge in [-0.2, -0.15) is 0 Å². The highest BCUT2D eigenvalue weighted by Crippen LogP contribution is 2.32. The highest BCUT2D eigenvalue weighted by molar-refractivity contribution is 5.94. The molecule has 6 heteroatoms. The number of aromatic carboxylic acids is 1. The highest BCUT2D eigenvalue weighted by Gasteiger charge is 2.22. The number of rotatable bonds is 5. The quantitative estimate of drug-likeness (QED) is 0.530. The summed E-state index contributed by atoms with van der Waals surface area (Å²) in [5.41, 5.74) is 1.93. The first kappa shape index (κ1) is 19.9. The second-order valence-electron chi connectivity index (χ2n) is 7.07. The molecule has 0 bridgehead atoms. The number of aromatic hydroxyl groups is 1. The van der Waals surface area contributed by atoms with Crippen LogP contribution in [0.25, 0.3) is 0 Å². The van der Waals surface area contributed by atoms with Gasteiger partial charge in [-0.3, -0.25) is 5.32 Å². The number of amides is 1. The van der Waals surface area contributed by atoms with Crippen LogP contribution in [0.5, 0.6) is 11.5 Å². The van der Waals surface area contributed by atoms with Crippen LogP contribution >= 0.6 is 0 Å². The van der Waals surface area contributed by atoms with Crippen molar-refractivity contribution in [2.24, 2.45) is 0 Å². The molecule has 0 aliphatic rings. The second-order valence-corrected chi connectivity index (χ2v) is 7.07. The van der Waals surface area contributed by atoms with E-state index in [4.69, 9.17) is 9.84 Å². The van der Waals surface area contributed by atoms with Crippen molar-refractivity contribution in [1.29, 1.82) is 0 Å². The van der Waals surface area contributed by atoms with E-state index < -0.39 is 12.1 Å². The molecule has 0 atom stereocenters. The van der Waals surface area contributed by atoms with Gasteiger partial charge in [0.2, 0.25) is 0 Å². The molecule has 0 aromatic heterocycles. The van der Waals surface area contributed by atoms with Gasteiger partial charge in [0.15, 0.2) is 0 Å². The summed E-state index contributed by atoms with van der Waals surface area (Å²) in [6, 6.07) is 21.1. The Morgan fingerprint density at radius 3 is 2.14 bits per heavy atom. The van der Waals surface area contributed by atoms with Gasteiger partial charge in [-0.05, 0) is 41.5 Å². The van der Waals surface area contributed by atoms with E-state index in [1.165, 1.54) is 17.7 Å². The number of hydrogen-bond acceptors (Lipinski definition) is 4. The van der Waals surface area contributed by atoms with Gasteiger partial charge in [0, 0.05) is 11.1 Å². The van der Waals surface area contributed by atoms with Gasteiger partial charge in [-0.25, -0.2) is 9.59 Å². The van der Waals surface area contributed by atoms with Crippen molar-refractivity contribution >= 4 is 17.7 Å². The summed E-state index contributed by atoms with van der Waals surface area (Å²) in [6.45, 7) is 4.24. The zero-order valence-electron chi connectivity index (χ0n) is 16.0. The molecular formula is C23H21NO5. The molecule has 0 saturated heterocycles. The Labute approximate surface area is 168 Å². The van der Waals surface area contributed by atoms with Gasteiger partial charge >= 0.3 is 12.1 Å². The predicted molar refractivity (Wildman–Crippen MR) is 110 cm³/mol. The van der Waals surface area contributed by atoms with Gasteiger partial charge in [-0.15, -0.1) is 0 Å². The summed E-state index contributed by atoms with van der Waals surface area (Å²) in [7, 11) is 0. The average molecular weight is 391 g/mol. The lowest BCUT2D eigenvalue weighted by Crippen LogP contribution is -2.19. The van der Waals surface area contributed by atoms with E-state index in [0.29, 0.717) is 5.75 Å². The third-order valence-electron chi connectivity index (χ3n) is 4.76. The number of benzene rings is 3. The summed E-state index contributed by atoms with van der Waals surface area (Å²) in [5, 5.41) is 21.0. The fourth-order valence-electron chi connectivity index (χ4n) is 3.00. The van der Waals surface area contributed by atoms with Crippen LogP contribution in [-0.4, -0.2) is 22.3 Å².